The fraction of sp³-hybridized carbons (Fsp3) is 0.100. The van der Waals surface area contributed by atoms with Crippen LogP contribution in [0, 0.1) is 0 Å². The first-order valence-corrected chi connectivity index (χ1v) is 8.58. The summed E-state index contributed by atoms with van der Waals surface area (Å²) >= 11 is 6.07. The molecule has 2 aromatic carbocycles. The van der Waals surface area contributed by atoms with Crippen LogP contribution in [0.3, 0.4) is 0 Å². The number of aromatic nitrogens is 3. The summed E-state index contributed by atoms with van der Waals surface area (Å²) in [6.45, 7) is 0.968. The first-order chi connectivity index (χ1) is 12.8. The van der Waals surface area contributed by atoms with Crippen LogP contribution in [0.5, 0.6) is 11.5 Å². The first kappa shape index (κ1) is 16.4. The molecular formula is C20H16ClN3O2. The monoisotopic (exact) mass is 365 g/mol. The van der Waals surface area contributed by atoms with Gasteiger partial charge in [0.15, 0.2) is 10.8 Å². The molecule has 0 N–H and O–H groups in total. The predicted octanol–water partition coefficient (Wildman–Crippen LogP) is 4.51. The van der Waals surface area contributed by atoms with Crippen LogP contribution in [0.1, 0.15) is 0 Å². The Morgan fingerprint density at radius 3 is 2.27 bits per heavy atom. The molecule has 0 spiro atoms. The van der Waals surface area contributed by atoms with Crippen molar-refractivity contribution in [3.63, 3.8) is 0 Å². The zero-order chi connectivity index (χ0) is 17.8. The lowest BCUT2D eigenvalue weighted by atomic mass is 10.1. The standard InChI is InChI=1S/C20H16ClN3O2/c21-19-20-23-14-18(24(20)11-10-22-19)15-6-8-17(9-7-15)26-13-12-25-16-4-2-1-3-5-16/h1-11,14H,12-13H2. The van der Waals surface area contributed by atoms with Gasteiger partial charge in [-0.25, -0.2) is 9.97 Å². The lowest BCUT2D eigenvalue weighted by Gasteiger charge is -2.09. The Hall–Kier alpha value is -3.05. The summed E-state index contributed by atoms with van der Waals surface area (Å²) in [5, 5.41) is 0.386. The van der Waals surface area contributed by atoms with Gasteiger partial charge in [0, 0.05) is 18.0 Å². The zero-order valence-electron chi connectivity index (χ0n) is 13.9. The molecule has 0 aliphatic carbocycles. The zero-order valence-corrected chi connectivity index (χ0v) is 14.6. The van der Waals surface area contributed by atoms with E-state index in [4.69, 9.17) is 21.1 Å². The molecule has 0 aliphatic rings. The number of nitrogens with zero attached hydrogens (tertiary/aromatic N) is 3. The second kappa shape index (κ2) is 7.45. The second-order valence-corrected chi connectivity index (χ2v) is 5.95. The van der Waals surface area contributed by atoms with Gasteiger partial charge in [-0.1, -0.05) is 29.8 Å². The first-order valence-electron chi connectivity index (χ1n) is 8.20. The molecule has 5 nitrogen and oxygen atoms in total. The van der Waals surface area contributed by atoms with Crippen LogP contribution in [0.4, 0.5) is 0 Å². The van der Waals surface area contributed by atoms with E-state index in [9.17, 15) is 0 Å². The molecule has 0 atom stereocenters. The van der Waals surface area contributed by atoms with E-state index in [1.54, 1.807) is 12.4 Å². The van der Waals surface area contributed by atoms with Gasteiger partial charge < -0.3 is 9.47 Å². The van der Waals surface area contributed by atoms with Crippen molar-refractivity contribution in [3.8, 4) is 22.8 Å². The minimum atomic E-state index is 0.386. The Labute approximate surface area is 155 Å². The van der Waals surface area contributed by atoms with E-state index in [1.807, 2.05) is 65.2 Å². The summed E-state index contributed by atoms with van der Waals surface area (Å²) < 4.78 is 13.3. The SMILES string of the molecule is Clc1nccn2c(-c3ccc(OCCOc4ccccc4)cc3)cnc12. The molecule has 0 bridgehead atoms. The smallest absolute Gasteiger partial charge is 0.175 e. The van der Waals surface area contributed by atoms with Crippen molar-refractivity contribution in [1.29, 1.82) is 0 Å². The van der Waals surface area contributed by atoms with Crippen molar-refractivity contribution >= 4 is 17.2 Å². The average Bonchev–Trinajstić information content (AvgIpc) is 3.12. The molecule has 130 valence electrons. The molecule has 0 fully saturated rings. The Morgan fingerprint density at radius 1 is 0.846 bits per heavy atom. The summed E-state index contributed by atoms with van der Waals surface area (Å²) in [6, 6.07) is 17.5. The Balaban J connectivity index is 1.39. The van der Waals surface area contributed by atoms with Crippen LogP contribution in [-0.2, 0) is 0 Å². The van der Waals surface area contributed by atoms with Gasteiger partial charge >= 0.3 is 0 Å². The van der Waals surface area contributed by atoms with Gasteiger partial charge in [-0.3, -0.25) is 4.40 Å². The molecule has 0 radical (unpaired) electrons. The van der Waals surface area contributed by atoms with Gasteiger partial charge in [0.05, 0.1) is 11.9 Å². The summed E-state index contributed by atoms with van der Waals surface area (Å²) in [5.41, 5.74) is 2.61. The number of para-hydroxylation sites is 1. The summed E-state index contributed by atoms with van der Waals surface area (Å²) in [4.78, 5) is 8.37. The molecule has 2 heterocycles. The van der Waals surface area contributed by atoms with Crippen molar-refractivity contribution in [2.75, 3.05) is 13.2 Å². The average molecular weight is 366 g/mol. The minimum Gasteiger partial charge on any atom is -0.490 e. The Bertz CT molecular complexity index is 1000. The van der Waals surface area contributed by atoms with Gasteiger partial charge in [0.2, 0.25) is 0 Å². The van der Waals surface area contributed by atoms with Crippen LogP contribution in [-0.4, -0.2) is 27.6 Å². The molecule has 0 saturated heterocycles. The van der Waals surface area contributed by atoms with E-state index in [1.165, 1.54) is 0 Å². The third-order valence-corrected chi connectivity index (χ3v) is 4.17. The molecule has 4 rings (SSSR count). The molecule has 0 saturated carbocycles. The van der Waals surface area contributed by atoms with Crippen molar-refractivity contribution in [3.05, 3.63) is 78.3 Å². The van der Waals surface area contributed by atoms with Crippen LogP contribution in [0.15, 0.2) is 73.2 Å². The third kappa shape index (κ3) is 3.48. The summed E-state index contributed by atoms with van der Waals surface area (Å²) in [5.74, 6) is 1.63. The minimum absolute atomic E-state index is 0.386. The fourth-order valence-electron chi connectivity index (χ4n) is 2.66. The lowest BCUT2D eigenvalue weighted by molar-refractivity contribution is 0.217. The van der Waals surface area contributed by atoms with Crippen LogP contribution < -0.4 is 9.47 Å². The van der Waals surface area contributed by atoms with Crippen molar-refractivity contribution < 1.29 is 9.47 Å². The van der Waals surface area contributed by atoms with E-state index in [-0.39, 0.29) is 0 Å². The largest absolute Gasteiger partial charge is 0.490 e. The highest BCUT2D eigenvalue weighted by Crippen LogP contribution is 2.25. The number of hydrogen-bond acceptors (Lipinski definition) is 4. The van der Waals surface area contributed by atoms with Crippen LogP contribution >= 0.6 is 11.6 Å². The predicted molar refractivity (Wildman–Crippen MR) is 101 cm³/mol. The van der Waals surface area contributed by atoms with Gasteiger partial charge in [-0.2, -0.15) is 0 Å². The van der Waals surface area contributed by atoms with Gasteiger partial charge in [0.25, 0.3) is 0 Å². The summed E-state index contributed by atoms with van der Waals surface area (Å²) in [6.07, 6.45) is 5.28. The number of hydrogen-bond donors (Lipinski definition) is 0. The molecule has 26 heavy (non-hydrogen) atoms. The molecule has 2 aromatic heterocycles. The van der Waals surface area contributed by atoms with E-state index >= 15 is 0 Å². The quantitative estimate of drug-likeness (QED) is 0.472. The van der Waals surface area contributed by atoms with E-state index in [0.29, 0.717) is 24.0 Å². The van der Waals surface area contributed by atoms with Crippen molar-refractivity contribution in [2.24, 2.45) is 0 Å². The number of rotatable bonds is 6. The normalized spacial score (nSPS) is 10.8. The molecular weight excluding hydrogens is 350 g/mol. The van der Waals surface area contributed by atoms with Crippen molar-refractivity contribution in [2.45, 2.75) is 0 Å². The molecule has 0 amide bonds. The number of ether oxygens (including phenoxy) is 2. The maximum absolute atomic E-state index is 6.07. The Kier molecular flexibility index (Phi) is 4.71. The van der Waals surface area contributed by atoms with E-state index < -0.39 is 0 Å². The molecule has 4 aromatic rings. The number of fused-ring (bicyclic) bond motifs is 1. The maximum Gasteiger partial charge on any atom is 0.175 e. The van der Waals surface area contributed by atoms with Crippen molar-refractivity contribution in [1.82, 2.24) is 14.4 Å². The van der Waals surface area contributed by atoms with Gasteiger partial charge in [0.1, 0.15) is 24.7 Å². The number of halogens is 1. The van der Waals surface area contributed by atoms with Gasteiger partial charge in [-0.15, -0.1) is 0 Å². The maximum atomic E-state index is 6.07. The molecule has 6 heteroatoms. The lowest BCUT2D eigenvalue weighted by Crippen LogP contribution is -2.08. The third-order valence-electron chi connectivity index (χ3n) is 3.90. The van der Waals surface area contributed by atoms with Crippen LogP contribution in [0.2, 0.25) is 5.15 Å². The highest BCUT2D eigenvalue weighted by Gasteiger charge is 2.09. The highest BCUT2D eigenvalue weighted by molar-refractivity contribution is 6.32. The van der Waals surface area contributed by atoms with Crippen LogP contribution in [0.25, 0.3) is 16.9 Å². The van der Waals surface area contributed by atoms with E-state index in [0.717, 1.165) is 22.8 Å². The Morgan fingerprint density at radius 2 is 1.54 bits per heavy atom. The summed E-state index contributed by atoms with van der Waals surface area (Å²) in [7, 11) is 0. The van der Waals surface area contributed by atoms with Gasteiger partial charge in [-0.05, 0) is 36.4 Å². The molecule has 0 unspecified atom stereocenters. The second-order valence-electron chi connectivity index (χ2n) is 5.59. The molecule has 0 aliphatic heterocycles. The topological polar surface area (TPSA) is 48.7 Å². The number of benzene rings is 2. The highest BCUT2D eigenvalue weighted by atomic mass is 35.5. The fourth-order valence-corrected chi connectivity index (χ4v) is 2.86. The number of imidazole rings is 1. The van der Waals surface area contributed by atoms with E-state index in [2.05, 4.69) is 9.97 Å².